The van der Waals surface area contributed by atoms with Crippen molar-refractivity contribution < 1.29 is 4.79 Å². The van der Waals surface area contributed by atoms with Crippen molar-refractivity contribution in [3.63, 3.8) is 0 Å². The number of carbonyl (C=O) groups is 1. The van der Waals surface area contributed by atoms with Gasteiger partial charge < -0.3 is 10.6 Å². The van der Waals surface area contributed by atoms with Crippen molar-refractivity contribution in [2.75, 3.05) is 13.1 Å². The number of carbonyl (C=O) groups excluding carboxylic acids is 1. The summed E-state index contributed by atoms with van der Waals surface area (Å²) < 4.78 is 1.68. The summed E-state index contributed by atoms with van der Waals surface area (Å²) in [6, 6.07) is 9.41. The highest BCUT2D eigenvalue weighted by molar-refractivity contribution is 6.30. The summed E-state index contributed by atoms with van der Waals surface area (Å²) in [4.78, 5) is 14.6. The maximum Gasteiger partial charge on any atom is 0.274 e. The largest absolute Gasteiger partial charge is 0.337 e. The Balaban J connectivity index is 0.00000169. The maximum absolute atomic E-state index is 12.7. The molecule has 7 heteroatoms. The van der Waals surface area contributed by atoms with Gasteiger partial charge in [0.2, 0.25) is 0 Å². The number of hydrogen-bond acceptors (Lipinski definition) is 3. The van der Waals surface area contributed by atoms with Gasteiger partial charge in [0.1, 0.15) is 0 Å². The molecule has 2 N–H and O–H groups in total. The van der Waals surface area contributed by atoms with Gasteiger partial charge in [0, 0.05) is 30.4 Å². The topological polar surface area (TPSA) is 64.2 Å². The Labute approximate surface area is 152 Å². The molecule has 1 saturated heterocycles. The molecule has 1 aliphatic carbocycles. The number of fused-ring (bicyclic) bond motifs is 1. The molecule has 1 aromatic carbocycles. The fourth-order valence-electron chi connectivity index (χ4n) is 3.84. The van der Waals surface area contributed by atoms with Crippen LogP contribution in [0.4, 0.5) is 0 Å². The van der Waals surface area contributed by atoms with Gasteiger partial charge in [-0.15, -0.1) is 12.4 Å². The average Bonchev–Trinajstić information content (AvgIpc) is 3.24. The lowest BCUT2D eigenvalue weighted by Gasteiger charge is -2.17. The molecule has 0 spiro atoms. The van der Waals surface area contributed by atoms with Crippen molar-refractivity contribution in [3.8, 4) is 5.69 Å². The van der Waals surface area contributed by atoms with Gasteiger partial charge in [0.15, 0.2) is 5.69 Å². The zero-order valence-corrected chi connectivity index (χ0v) is 14.7. The zero-order valence-electron chi connectivity index (χ0n) is 13.1. The van der Waals surface area contributed by atoms with E-state index in [2.05, 4.69) is 5.10 Å². The predicted molar refractivity (Wildman–Crippen MR) is 95.9 cm³/mol. The lowest BCUT2D eigenvalue weighted by molar-refractivity contribution is 0.0773. The number of nitrogens with two attached hydrogens (primary N) is 1. The third-order valence-corrected chi connectivity index (χ3v) is 5.32. The monoisotopic (exact) mass is 366 g/mol. The molecule has 5 nitrogen and oxygen atoms in total. The van der Waals surface area contributed by atoms with Crippen LogP contribution in [0.15, 0.2) is 36.5 Å². The summed E-state index contributed by atoms with van der Waals surface area (Å²) in [5.41, 5.74) is 7.46. The lowest BCUT2D eigenvalue weighted by Crippen LogP contribution is -2.33. The SMILES string of the molecule is Cl.NC1CCC2CN(C(=O)c3ccn(-c4cccc(Cl)c4)n3)CC12. The smallest absolute Gasteiger partial charge is 0.274 e. The van der Waals surface area contributed by atoms with Crippen molar-refractivity contribution in [3.05, 3.63) is 47.2 Å². The summed E-state index contributed by atoms with van der Waals surface area (Å²) in [5.74, 6) is 1.00. The minimum absolute atomic E-state index is 0. The number of rotatable bonds is 2. The quantitative estimate of drug-likeness (QED) is 0.888. The van der Waals surface area contributed by atoms with Gasteiger partial charge in [-0.05, 0) is 48.9 Å². The van der Waals surface area contributed by atoms with E-state index >= 15 is 0 Å². The molecule has 1 amide bonds. The number of likely N-dealkylation sites (tertiary alicyclic amines) is 1. The summed E-state index contributed by atoms with van der Waals surface area (Å²) in [5, 5.41) is 5.06. The lowest BCUT2D eigenvalue weighted by atomic mass is 9.98. The molecule has 1 aromatic heterocycles. The molecule has 2 fully saturated rings. The molecule has 128 valence electrons. The second-order valence-electron chi connectivity index (χ2n) is 6.50. The van der Waals surface area contributed by atoms with Crippen LogP contribution in [0.5, 0.6) is 0 Å². The van der Waals surface area contributed by atoms with Gasteiger partial charge >= 0.3 is 0 Å². The molecule has 2 aromatic rings. The van der Waals surface area contributed by atoms with Gasteiger partial charge in [-0.25, -0.2) is 4.68 Å². The number of halogens is 2. The Hall–Kier alpha value is -1.56. The Morgan fingerprint density at radius 3 is 2.83 bits per heavy atom. The summed E-state index contributed by atoms with van der Waals surface area (Å²) in [7, 11) is 0. The Bertz CT molecular complexity index is 748. The van der Waals surface area contributed by atoms with Crippen molar-refractivity contribution in [1.29, 1.82) is 0 Å². The standard InChI is InChI=1S/C17H19ClN4O.ClH/c18-12-2-1-3-13(8-12)22-7-6-16(20-22)17(23)21-9-11-4-5-15(19)14(11)10-21;/h1-3,6-8,11,14-15H,4-5,9-10,19H2;1H. The van der Waals surface area contributed by atoms with Crippen LogP contribution >= 0.6 is 24.0 Å². The summed E-state index contributed by atoms with van der Waals surface area (Å²) in [6.07, 6.45) is 4.01. The third-order valence-electron chi connectivity index (χ3n) is 5.08. The molecule has 3 unspecified atom stereocenters. The summed E-state index contributed by atoms with van der Waals surface area (Å²) in [6.45, 7) is 1.57. The minimum Gasteiger partial charge on any atom is -0.337 e. The second kappa shape index (κ2) is 6.75. The number of aromatic nitrogens is 2. The third kappa shape index (κ3) is 3.04. The van der Waals surface area contributed by atoms with E-state index in [4.69, 9.17) is 17.3 Å². The van der Waals surface area contributed by atoms with Crippen LogP contribution in [0, 0.1) is 11.8 Å². The molecule has 2 aliphatic rings. The van der Waals surface area contributed by atoms with E-state index < -0.39 is 0 Å². The van der Waals surface area contributed by atoms with Gasteiger partial charge in [0.25, 0.3) is 5.91 Å². The van der Waals surface area contributed by atoms with Crippen LogP contribution in [0.1, 0.15) is 23.3 Å². The van der Waals surface area contributed by atoms with Crippen LogP contribution < -0.4 is 5.73 Å². The van der Waals surface area contributed by atoms with Gasteiger partial charge in [-0.1, -0.05) is 17.7 Å². The number of benzene rings is 1. The van der Waals surface area contributed by atoms with Crippen molar-refractivity contribution in [1.82, 2.24) is 14.7 Å². The first-order chi connectivity index (χ1) is 11.1. The minimum atomic E-state index is -0.00706. The van der Waals surface area contributed by atoms with Crippen molar-refractivity contribution in [2.45, 2.75) is 18.9 Å². The van der Waals surface area contributed by atoms with Gasteiger partial charge in [0.05, 0.1) is 5.69 Å². The first kappa shape index (κ1) is 17.3. The van der Waals surface area contributed by atoms with Crippen LogP contribution in [0.3, 0.4) is 0 Å². The molecule has 0 bridgehead atoms. The van der Waals surface area contributed by atoms with Crippen LogP contribution in [0.25, 0.3) is 5.69 Å². The zero-order chi connectivity index (χ0) is 16.0. The van der Waals surface area contributed by atoms with Crippen LogP contribution in [-0.4, -0.2) is 39.7 Å². The van der Waals surface area contributed by atoms with E-state index in [9.17, 15) is 4.79 Å². The van der Waals surface area contributed by atoms with Crippen molar-refractivity contribution >= 4 is 29.9 Å². The van der Waals surface area contributed by atoms with Gasteiger partial charge in [-0.3, -0.25) is 4.79 Å². The Morgan fingerprint density at radius 2 is 2.08 bits per heavy atom. The normalized spacial score (nSPS) is 25.4. The predicted octanol–water partition coefficient (Wildman–Crippen LogP) is 2.76. The van der Waals surface area contributed by atoms with Crippen LogP contribution in [-0.2, 0) is 0 Å². The highest BCUT2D eigenvalue weighted by atomic mass is 35.5. The first-order valence-corrected chi connectivity index (χ1v) is 8.36. The fourth-order valence-corrected chi connectivity index (χ4v) is 4.02. The highest BCUT2D eigenvalue weighted by Gasteiger charge is 2.42. The molecule has 4 rings (SSSR count). The Kier molecular flexibility index (Phi) is 4.85. The average molecular weight is 367 g/mol. The molecule has 2 heterocycles. The van der Waals surface area contributed by atoms with E-state index in [1.807, 2.05) is 29.2 Å². The molecular weight excluding hydrogens is 347 g/mol. The fraction of sp³-hybridized carbons (Fsp3) is 0.412. The van der Waals surface area contributed by atoms with Crippen LogP contribution in [0.2, 0.25) is 5.02 Å². The van der Waals surface area contributed by atoms with E-state index in [1.165, 1.54) is 0 Å². The molecular formula is C17H20Cl2N4O. The molecule has 3 atom stereocenters. The molecule has 1 aliphatic heterocycles. The van der Waals surface area contributed by atoms with E-state index in [1.54, 1.807) is 16.9 Å². The number of nitrogens with zero attached hydrogens (tertiary/aromatic N) is 3. The highest BCUT2D eigenvalue weighted by Crippen LogP contribution is 2.37. The molecule has 24 heavy (non-hydrogen) atoms. The number of amides is 1. The van der Waals surface area contributed by atoms with Crippen molar-refractivity contribution in [2.24, 2.45) is 17.6 Å². The molecule has 0 radical (unpaired) electrons. The first-order valence-electron chi connectivity index (χ1n) is 7.98. The Morgan fingerprint density at radius 1 is 1.25 bits per heavy atom. The van der Waals surface area contributed by atoms with E-state index in [-0.39, 0.29) is 24.4 Å². The van der Waals surface area contributed by atoms with E-state index in [0.29, 0.717) is 22.6 Å². The maximum atomic E-state index is 12.7. The van der Waals surface area contributed by atoms with Gasteiger partial charge in [-0.2, -0.15) is 5.10 Å². The summed E-state index contributed by atoms with van der Waals surface area (Å²) >= 11 is 6.01. The van der Waals surface area contributed by atoms with E-state index in [0.717, 1.165) is 31.6 Å². The second-order valence-corrected chi connectivity index (χ2v) is 6.94. The molecule has 1 saturated carbocycles. The number of hydrogen-bond donors (Lipinski definition) is 1.